The van der Waals surface area contributed by atoms with Gasteiger partial charge < -0.3 is 20.5 Å². The van der Waals surface area contributed by atoms with Gasteiger partial charge in [0.15, 0.2) is 17.5 Å². The zero-order valence-electron chi connectivity index (χ0n) is 16.2. The number of hydrogen-bond acceptors (Lipinski definition) is 3. The number of hydrogen-bond donors (Lipinski definition) is 2. The normalized spacial score (nSPS) is 21.1. The highest BCUT2D eigenvalue weighted by Gasteiger charge is 2.31. The fraction of sp³-hybridized carbons (Fsp3) is 0.409. The van der Waals surface area contributed by atoms with E-state index in [4.69, 9.17) is 15.2 Å². The number of halogens is 1. The van der Waals surface area contributed by atoms with Gasteiger partial charge in [0.05, 0.1) is 19.8 Å². The SMILES string of the molecule is Br.CC1(CN=C(N)Nc2ccc3c(c2)OCCCO3)CCCc2ccccc21. The number of guanidine groups is 1. The highest BCUT2D eigenvalue weighted by Crippen LogP contribution is 2.37. The van der Waals surface area contributed by atoms with Crippen molar-refractivity contribution in [1.29, 1.82) is 0 Å². The first kappa shape index (κ1) is 20.5. The van der Waals surface area contributed by atoms with Crippen LogP contribution in [-0.2, 0) is 11.8 Å². The number of nitrogens with zero attached hydrogens (tertiary/aromatic N) is 1. The number of anilines is 1. The van der Waals surface area contributed by atoms with Gasteiger partial charge >= 0.3 is 0 Å². The van der Waals surface area contributed by atoms with Crippen LogP contribution in [0.2, 0.25) is 0 Å². The standard InChI is InChI=1S/C22H27N3O2.BrH/c1-22(11-4-7-16-6-2-3-8-18(16)22)15-24-21(23)25-17-9-10-19-20(14-17)27-13-5-12-26-19;/h2-3,6,8-10,14H,4-5,7,11-13,15H2,1H3,(H3,23,24,25);1H. The summed E-state index contributed by atoms with van der Waals surface area (Å²) in [6.07, 6.45) is 4.37. The first-order valence-corrected chi connectivity index (χ1v) is 9.69. The monoisotopic (exact) mass is 445 g/mol. The Morgan fingerprint density at radius 3 is 2.75 bits per heavy atom. The Bertz CT molecular complexity index is 855. The van der Waals surface area contributed by atoms with Crippen LogP contribution in [0.3, 0.4) is 0 Å². The Balaban J connectivity index is 0.00000225. The first-order valence-electron chi connectivity index (χ1n) is 9.69. The molecule has 1 aliphatic heterocycles. The maximum absolute atomic E-state index is 6.18. The number of nitrogens with two attached hydrogens (primary N) is 1. The van der Waals surface area contributed by atoms with Crippen LogP contribution in [-0.4, -0.2) is 25.7 Å². The highest BCUT2D eigenvalue weighted by molar-refractivity contribution is 8.93. The molecule has 1 unspecified atom stereocenters. The van der Waals surface area contributed by atoms with Crippen LogP contribution in [0.15, 0.2) is 47.5 Å². The molecule has 2 aromatic carbocycles. The predicted molar refractivity (Wildman–Crippen MR) is 119 cm³/mol. The lowest BCUT2D eigenvalue weighted by Crippen LogP contribution is -2.33. The van der Waals surface area contributed by atoms with Crippen LogP contribution in [0.25, 0.3) is 0 Å². The fourth-order valence-corrected chi connectivity index (χ4v) is 3.98. The summed E-state index contributed by atoms with van der Waals surface area (Å²) in [6, 6.07) is 14.5. The van der Waals surface area contributed by atoms with E-state index in [0.29, 0.717) is 25.7 Å². The molecule has 0 fully saturated rings. The molecule has 150 valence electrons. The molecule has 0 saturated heterocycles. The molecule has 28 heavy (non-hydrogen) atoms. The van der Waals surface area contributed by atoms with E-state index in [2.05, 4.69) is 41.5 Å². The van der Waals surface area contributed by atoms with E-state index in [0.717, 1.165) is 36.4 Å². The number of ether oxygens (including phenoxy) is 2. The minimum Gasteiger partial charge on any atom is -0.490 e. The zero-order chi connectivity index (χ0) is 18.7. The second kappa shape index (κ2) is 8.86. The van der Waals surface area contributed by atoms with Gasteiger partial charge in [-0.05, 0) is 42.5 Å². The van der Waals surface area contributed by atoms with Crippen molar-refractivity contribution in [2.45, 2.75) is 38.0 Å². The number of fused-ring (bicyclic) bond motifs is 2. The van der Waals surface area contributed by atoms with Crippen molar-refractivity contribution in [3.8, 4) is 11.5 Å². The molecule has 1 aliphatic carbocycles. The second-order valence-corrected chi connectivity index (χ2v) is 7.61. The minimum atomic E-state index is 0. The van der Waals surface area contributed by atoms with E-state index in [1.165, 1.54) is 17.5 Å². The van der Waals surface area contributed by atoms with Crippen molar-refractivity contribution in [1.82, 2.24) is 0 Å². The summed E-state index contributed by atoms with van der Waals surface area (Å²) in [6.45, 7) is 4.31. The topological polar surface area (TPSA) is 68.9 Å². The van der Waals surface area contributed by atoms with Gasteiger partial charge in [0.25, 0.3) is 0 Å². The summed E-state index contributed by atoms with van der Waals surface area (Å²) in [5.74, 6) is 1.95. The summed E-state index contributed by atoms with van der Waals surface area (Å²) in [5.41, 5.74) is 9.91. The van der Waals surface area contributed by atoms with Crippen LogP contribution in [0.4, 0.5) is 5.69 Å². The van der Waals surface area contributed by atoms with Crippen molar-refractivity contribution in [2.75, 3.05) is 25.1 Å². The molecule has 2 aromatic rings. The molecule has 1 atom stereocenters. The highest BCUT2D eigenvalue weighted by atomic mass is 79.9. The van der Waals surface area contributed by atoms with Crippen LogP contribution in [0, 0.1) is 0 Å². The number of aliphatic imine (C=N–C) groups is 1. The Morgan fingerprint density at radius 2 is 1.89 bits per heavy atom. The molecule has 2 aliphatic rings. The Labute approximate surface area is 177 Å². The lowest BCUT2D eigenvalue weighted by atomic mass is 9.71. The number of aryl methyl sites for hydroxylation is 1. The molecule has 0 spiro atoms. The Morgan fingerprint density at radius 1 is 1.11 bits per heavy atom. The van der Waals surface area contributed by atoms with Gasteiger partial charge in [-0.25, -0.2) is 0 Å². The van der Waals surface area contributed by atoms with Gasteiger partial charge in [-0.3, -0.25) is 4.99 Å². The minimum absolute atomic E-state index is 0. The third-order valence-corrected chi connectivity index (χ3v) is 5.46. The lowest BCUT2D eigenvalue weighted by Gasteiger charge is -2.34. The number of rotatable bonds is 3. The van der Waals surface area contributed by atoms with E-state index in [9.17, 15) is 0 Å². The molecule has 1 heterocycles. The van der Waals surface area contributed by atoms with E-state index in [1.54, 1.807) is 0 Å². The summed E-state index contributed by atoms with van der Waals surface area (Å²) in [7, 11) is 0. The zero-order valence-corrected chi connectivity index (χ0v) is 18.0. The van der Waals surface area contributed by atoms with E-state index >= 15 is 0 Å². The van der Waals surface area contributed by atoms with E-state index in [1.807, 2.05) is 18.2 Å². The van der Waals surface area contributed by atoms with Crippen molar-refractivity contribution < 1.29 is 9.47 Å². The fourth-order valence-electron chi connectivity index (χ4n) is 3.98. The van der Waals surface area contributed by atoms with Crippen molar-refractivity contribution in [2.24, 2.45) is 10.7 Å². The molecule has 0 saturated carbocycles. The molecule has 0 aromatic heterocycles. The van der Waals surface area contributed by atoms with Crippen LogP contribution in [0.5, 0.6) is 11.5 Å². The van der Waals surface area contributed by atoms with Gasteiger partial charge in [-0.15, -0.1) is 17.0 Å². The average molecular weight is 446 g/mol. The summed E-state index contributed by atoms with van der Waals surface area (Å²) < 4.78 is 11.4. The van der Waals surface area contributed by atoms with Crippen LogP contribution in [0.1, 0.15) is 37.3 Å². The number of benzene rings is 2. The molecular formula is C22H28BrN3O2. The van der Waals surface area contributed by atoms with Gasteiger partial charge in [0.1, 0.15) is 0 Å². The molecular weight excluding hydrogens is 418 g/mol. The summed E-state index contributed by atoms with van der Waals surface area (Å²) in [4.78, 5) is 4.66. The summed E-state index contributed by atoms with van der Waals surface area (Å²) >= 11 is 0. The van der Waals surface area contributed by atoms with E-state index < -0.39 is 0 Å². The molecule has 6 heteroatoms. The van der Waals surface area contributed by atoms with Crippen molar-refractivity contribution in [3.05, 3.63) is 53.6 Å². The smallest absolute Gasteiger partial charge is 0.193 e. The lowest BCUT2D eigenvalue weighted by molar-refractivity contribution is 0.297. The Kier molecular flexibility index (Phi) is 6.50. The quantitative estimate of drug-likeness (QED) is 0.540. The van der Waals surface area contributed by atoms with Gasteiger partial charge in [-0.1, -0.05) is 31.2 Å². The van der Waals surface area contributed by atoms with E-state index in [-0.39, 0.29) is 22.4 Å². The van der Waals surface area contributed by atoms with Crippen LogP contribution >= 0.6 is 17.0 Å². The summed E-state index contributed by atoms with van der Waals surface area (Å²) in [5, 5.41) is 3.19. The van der Waals surface area contributed by atoms with Crippen LogP contribution < -0.4 is 20.5 Å². The molecule has 4 rings (SSSR count). The second-order valence-electron chi connectivity index (χ2n) is 7.61. The largest absolute Gasteiger partial charge is 0.490 e. The molecule has 3 N–H and O–H groups in total. The molecule has 0 amide bonds. The maximum Gasteiger partial charge on any atom is 0.193 e. The van der Waals surface area contributed by atoms with Gasteiger partial charge in [0, 0.05) is 23.6 Å². The maximum atomic E-state index is 6.18. The number of nitrogens with one attached hydrogen (secondary N) is 1. The molecule has 0 bridgehead atoms. The third kappa shape index (κ3) is 4.43. The third-order valence-electron chi connectivity index (χ3n) is 5.46. The first-order chi connectivity index (χ1) is 13.1. The van der Waals surface area contributed by atoms with Gasteiger partial charge in [0.2, 0.25) is 0 Å². The molecule has 5 nitrogen and oxygen atoms in total. The van der Waals surface area contributed by atoms with Crippen molar-refractivity contribution >= 4 is 28.6 Å². The predicted octanol–water partition coefficient (Wildman–Crippen LogP) is 4.45. The van der Waals surface area contributed by atoms with Crippen molar-refractivity contribution in [3.63, 3.8) is 0 Å². The average Bonchev–Trinajstić information content (AvgIpc) is 2.92. The van der Waals surface area contributed by atoms with Gasteiger partial charge in [-0.2, -0.15) is 0 Å². The molecule has 0 radical (unpaired) electrons. The Hall–Kier alpha value is -2.21.